The molecule has 0 heterocycles. The van der Waals surface area contributed by atoms with Crippen LogP contribution in [0.4, 0.5) is 0 Å². The van der Waals surface area contributed by atoms with Crippen LogP contribution in [0, 0.1) is 5.41 Å². The minimum atomic E-state index is 0.192. The largest absolute Gasteiger partial charge is 0.0798 e. The molecule has 0 aromatic carbocycles. The van der Waals surface area contributed by atoms with E-state index in [1.165, 1.54) is 38.5 Å². The molecule has 0 saturated heterocycles. The Kier molecular flexibility index (Phi) is 4.27. The van der Waals surface area contributed by atoms with E-state index in [9.17, 15) is 0 Å². The summed E-state index contributed by atoms with van der Waals surface area (Å²) in [6.45, 7) is 6.93. The molecule has 0 fully saturated rings. The number of hydrogen-bond donors (Lipinski definition) is 0. The van der Waals surface area contributed by atoms with Crippen molar-refractivity contribution in [2.45, 2.75) is 59.3 Å². The summed E-state index contributed by atoms with van der Waals surface area (Å²) in [5, 5.41) is 0. The maximum Gasteiger partial charge on any atom is 0.0317 e. The average Bonchev–Trinajstić information content (AvgIpc) is 2.80. The molecule has 0 heteroatoms. The number of hydrogen-bond acceptors (Lipinski definition) is 0. The Morgan fingerprint density at radius 3 is 2.50 bits per heavy atom. The quantitative estimate of drug-likeness (QED) is 0.592. The third-order valence-electron chi connectivity index (χ3n) is 4.46. The van der Waals surface area contributed by atoms with Crippen LogP contribution in [0.25, 0.3) is 0 Å². The van der Waals surface area contributed by atoms with E-state index >= 15 is 0 Å². The van der Waals surface area contributed by atoms with Gasteiger partial charge in [-0.05, 0) is 57.1 Å². The van der Waals surface area contributed by atoms with Gasteiger partial charge in [0, 0.05) is 5.41 Å². The zero-order valence-corrected chi connectivity index (χ0v) is 12.1. The monoisotopic (exact) mass is 242 g/mol. The molecular weight excluding hydrogens is 216 g/mol. The van der Waals surface area contributed by atoms with Gasteiger partial charge in [0.15, 0.2) is 0 Å². The molecule has 0 spiro atoms. The maximum atomic E-state index is 2.51. The van der Waals surface area contributed by atoms with Crippen LogP contribution in [0.1, 0.15) is 59.3 Å². The Morgan fingerprint density at radius 2 is 1.83 bits per heavy atom. The van der Waals surface area contributed by atoms with Crippen LogP contribution in [0.5, 0.6) is 0 Å². The average molecular weight is 242 g/mol. The molecule has 0 radical (unpaired) electrons. The van der Waals surface area contributed by atoms with Gasteiger partial charge in [-0.2, -0.15) is 0 Å². The molecule has 2 rings (SSSR count). The van der Waals surface area contributed by atoms with E-state index in [1.807, 2.05) is 0 Å². The van der Waals surface area contributed by atoms with Gasteiger partial charge in [0.1, 0.15) is 0 Å². The van der Waals surface area contributed by atoms with E-state index in [-0.39, 0.29) is 5.41 Å². The van der Waals surface area contributed by atoms with Crippen molar-refractivity contribution in [2.24, 2.45) is 5.41 Å². The van der Waals surface area contributed by atoms with Crippen LogP contribution in [-0.4, -0.2) is 0 Å². The molecule has 2 aliphatic carbocycles. The first-order valence-corrected chi connectivity index (χ1v) is 7.44. The van der Waals surface area contributed by atoms with Gasteiger partial charge in [0.05, 0.1) is 0 Å². The van der Waals surface area contributed by atoms with Crippen LogP contribution in [-0.2, 0) is 0 Å². The highest BCUT2D eigenvalue weighted by molar-refractivity contribution is 5.48. The van der Waals surface area contributed by atoms with Crippen LogP contribution in [0.2, 0.25) is 0 Å². The Bertz CT molecular complexity index is 403. The normalized spacial score (nSPS) is 22.9. The molecule has 0 saturated carbocycles. The third kappa shape index (κ3) is 2.53. The highest BCUT2D eigenvalue weighted by atomic mass is 14.3. The second-order valence-electron chi connectivity index (χ2n) is 5.78. The third-order valence-corrected chi connectivity index (χ3v) is 4.46. The fourth-order valence-corrected chi connectivity index (χ4v) is 3.30. The van der Waals surface area contributed by atoms with Crippen LogP contribution in [0.15, 0.2) is 47.1 Å². The minimum Gasteiger partial charge on any atom is -0.0798 e. The fraction of sp³-hybridized carbons (Fsp3) is 0.556. The Balaban J connectivity index is 2.42. The fourth-order valence-electron chi connectivity index (χ4n) is 3.30. The predicted octanol–water partition coefficient (Wildman–Crippen LogP) is 5.74. The van der Waals surface area contributed by atoms with Crippen molar-refractivity contribution in [3.8, 4) is 0 Å². The molecule has 0 bridgehead atoms. The molecule has 0 atom stereocenters. The lowest BCUT2D eigenvalue weighted by atomic mass is 9.72. The van der Waals surface area contributed by atoms with Gasteiger partial charge in [-0.1, -0.05) is 49.3 Å². The topological polar surface area (TPSA) is 0 Å². The van der Waals surface area contributed by atoms with Crippen molar-refractivity contribution in [2.75, 3.05) is 0 Å². The highest BCUT2D eigenvalue weighted by Gasteiger charge is 2.31. The van der Waals surface area contributed by atoms with Gasteiger partial charge >= 0.3 is 0 Å². The summed E-state index contributed by atoms with van der Waals surface area (Å²) in [4.78, 5) is 0. The van der Waals surface area contributed by atoms with Gasteiger partial charge in [0.2, 0.25) is 0 Å². The summed E-state index contributed by atoms with van der Waals surface area (Å²) in [6, 6.07) is 0. The van der Waals surface area contributed by atoms with Crippen LogP contribution < -0.4 is 0 Å². The first-order chi connectivity index (χ1) is 8.69. The molecular formula is C18H26. The maximum absolute atomic E-state index is 2.51. The van der Waals surface area contributed by atoms with Crippen LogP contribution in [0.3, 0.4) is 0 Å². The summed E-state index contributed by atoms with van der Waals surface area (Å²) in [7, 11) is 0. The second-order valence-corrected chi connectivity index (χ2v) is 5.78. The number of allylic oxidation sites excluding steroid dienone is 8. The standard InChI is InChI=1S/C18H26/c1-4-12-18(13-8-9-14-18)17-11-7-5-6-10-15(2)16(17)3/h8-9,11,13-14H,4-7,10,12H2,1-3H3. The molecule has 2 aliphatic rings. The molecule has 0 amide bonds. The Hall–Kier alpha value is -1.04. The molecule has 0 nitrogen and oxygen atoms in total. The first-order valence-electron chi connectivity index (χ1n) is 7.44. The molecule has 0 aromatic heterocycles. The van der Waals surface area contributed by atoms with Crippen molar-refractivity contribution in [1.29, 1.82) is 0 Å². The lowest BCUT2D eigenvalue weighted by molar-refractivity contribution is 0.525. The molecule has 0 aromatic rings. The Labute approximate surface area is 112 Å². The lowest BCUT2D eigenvalue weighted by Crippen LogP contribution is -2.18. The summed E-state index contributed by atoms with van der Waals surface area (Å²) >= 11 is 0. The predicted molar refractivity (Wildman–Crippen MR) is 80.5 cm³/mol. The molecule has 98 valence electrons. The van der Waals surface area contributed by atoms with Gasteiger partial charge < -0.3 is 0 Å². The zero-order chi connectivity index (χ0) is 13.0. The lowest BCUT2D eigenvalue weighted by Gasteiger charge is -2.31. The second kappa shape index (κ2) is 5.73. The number of rotatable bonds is 3. The van der Waals surface area contributed by atoms with Crippen molar-refractivity contribution in [3.05, 3.63) is 47.1 Å². The van der Waals surface area contributed by atoms with Crippen molar-refractivity contribution in [1.82, 2.24) is 0 Å². The van der Waals surface area contributed by atoms with Gasteiger partial charge in [-0.15, -0.1) is 0 Å². The molecule has 0 unspecified atom stereocenters. The SMILES string of the molecule is CCCC1(C2=CCCCCC(C)=C2C)C=CC=C1. The molecule has 0 N–H and O–H groups in total. The van der Waals surface area contributed by atoms with E-state index in [2.05, 4.69) is 51.2 Å². The van der Waals surface area contributed by atoms with E-state index in [4.69, 9.17) is 0 Å². The smallest absolute Gasteiger partial charge is 0.0317 e. The van der Waals surface area contributed by atoms with E-state index in [1.54, 1.807) is 16.7 Å². The summed E-state index contributed by atoms with van der Waals surface area (Å²) < 4.78 is 0. The van der Waals surface area contributed by atoms with Gasteiger partial charge in [-0.25, -0.2) is 0 Å². The zero-order valence-electron chi connectivity index (χ0n) is 12.1. The van der Waals surface area contributed by atoms with Crippen molar-refractivity contribution >= 4 is 0 Å². The summed E-state index contributed by atoms with van der Waals surface area (Å²) in [5.74, 6) is 0. The van der Waals surface area contributed by atoms with Gasteiger partial charge in [0.25, 0.3) is 0 Å². The molecule has 0 aliphatic heterocycles. The highest BCUT2D eigenvalue weighted by Crippen LogP contribution is 2.44. The van der Waals surface area contributed by atoms with Crippen molar-refractivity contribution < 1.29 is 0 Å². The van der Waals surface area contributed by atoms with Crippen molar-refractivity contribution in [3.63, 3.8) is 0 Å². The van der Waals surface area contributed by atoms with Gasteiger partial charge in [-0.3, -0.25) is 0 Å². The minimum absolute atomic E-state index is 0.192. The summed E-state index contributed by atoms with van der Waals surface area (Å²) in [5.41, 5.74) is 4.90. The summed E-state index contributed by atoms with van der Waals surface area (Å²) in [6.07, 6.45) is 19.4. The van der Waals surface area contributed by atoms with E-state index in [0.29, 0.717) is 0 Å². The van der Waals surface area contributed by atoms with E-state index < -0.39 is 0 Å². The Morgan fingerprint density at radius 1 is 1.11 bits per heavy atom. The first kappa shape index (κ1) is 13.4. The molecule has 18 heavy (non-hydrogen) atoms. The van der Waals surface area contributed by atoms with Crippen LogP contribution >= 0.6 is 0 Å². The van der Waals surface area contributed by atoms with E-state index in [0.717, 1.165) is 0 Å².